The van der Waals surface area contributed by atoms with Crippen LogP contribution in [-0.2, 0) is 6.54 Å². The molecule has 2 saturated heterocycles. The van der Waals surface area contributed by atoms with Crippen molar-refractivity contribution in [2.75, 3.05) is 32.7 Å². The number of rotatable bonds is 4. The van der Waals surface area contributed by atoms with E-state index >= 15 is 0 Å². The molecule has 0 aromatic heterocycles. The van der Waals surface area contributed by atoms with Crippen LogP contribution in [0.1, 0.15) is 24.0 Å². The third-order valence-corrected chi connectivity index (χ3v) is 5.14. The number of primary amides is 1. The van der Waals surface area contributed by atoms with Gasteiger partial charge in [0, 0.05) is 38.8 Å². The Labute approximate surface area is 138 Å². The predicted octanol–water partition coefficient (Wildman–Crippen LogP) is 1.56. The number of hydrogen-bond acceptors (Lipinski definition) is 3. The van der Waals surface area contributed by atoms with Gasteiger partial charge in [0.25, 0.3) is 0 Å². The fourth-order valence-electron chi connectivity index (χ4n) is 3.85. The second-order valence-corrected chi connectivity index (χ2v) is 7.00. The number of piperazine rings is 1. The molecule has 0 radical (unpaired) electrons. The number of likely N-dealkylation sites (tertiary alicyclic amines) is 1. The van der Waals surface area contributed by atoms with Crippen LogP contribution in [0.2, 0.25) is 0 Å². The number of nitrogens with zero attached hydrogens (tertiary/aromatic N) is 2. The number of hydrogen-bond donors (Lipinski definition) is 2. The van der Waals surface area contributed by atoms with E-state index in [1.54, 1.807) is 0 Å². The Hall–Kier alpha value is -1.59. The van der Waals surface area contributed by atoms with Crippen LogP contribution in [0.3, 0.4) is 0 Å². The van der Waals surface area contributed by atoms with Crippen LogP contribution in [0, 0.1) is 12.8 Å². The average Bonchev–Trinajstić information content (AvgIpc) is 2.97. The molecule has 0 spiro atoms. The van der Waals surface area contributed by atoms with Gasteiger partial charge in [-0.2, -0.15) is 0 Å². The topological polar surface area (TPSA) is 61.6 Å². The molecule has 5 nitrogen and oxygen atoms in total. The Balaban J connectivity index is 1.51. The first kappa shape index (κ1) is 16.3. The zero-order valence-corrected chi connectivity index (χ0v) is 14.0. The summed E-state index contributed by atoms with van der Waals surface area (Å²) in [4.78, 5) is 16.0. The van der Waals surface area contributed by atoms with Crippen LogP contribution in [0.5, 0.6) is 0 Å². The summed E-state index contributed by atoms with van der Waals surface area (Å²) in [5.74, 6) is 0.659. The van der Waals surface area contributed by atoms with Gasteiger partial charge in [-0.1, -0.05) is 29.8 Å². The van der Waals surface area contributed by atoms with Crippen molar-refractivity contribution in [2.45, 2.75) is 32.4 Å². The summed E-state index contributed by atoms with van der Waals surface area (Å²) in [6.45, 7) is 7.88. The van der Waals surface area contributed by atoms with Gasteiger partial charge in [-0.15, -0.1) is 0 Å². The van der Waals surface area contributed by atoms with Crippen LogP contribution in [0.25, 0.3) is 0 Å². The molecule has 2 amide bonds. The van der Waals surface area contributed by atoms with Crippen LogP contribution in [0.4, 0.5) is 4.79 Å². The highest BCUT2D eigenvalue weighted by Gasteiger charge is 2.30. The van der Waals surface area contributed by atoms with Crippen molar-refractivity contribution >= 4 is 6.03 Å². The molecule has 0 saturated carbocycles. The quantitative estimate of drug-likeness (QED) is 0.886. The summed E-state index contributed by atoms with van der Waals surface area (Å²) in [7, 11) is 0. The molecule has 1 aromatic rings. The molecule has 0 aliphatic carbocycles. The summed E-state index contributed by atoms with van der Waals surface area (Å²) in [6.07, 6.45) is 2.27. The van der Waals surface area contributed by atoms with Crippen molar-refractivity contribution in [2.24, 2.45) is 11.7 Å². The molecule has 3 rings (SSSR count). The molecule has 23 heavy (non-hydrogen) atoms. The van der Waals surface area contributed by atoms with Crippen molar-refractivity contribution in [3.63, 3.8) is 0 Å². The van der Waals surface area contributed by atoms with Crippen LogP contribution >= 0.6 is 0 Å². The Morgan fingerprint density at radius 1 is 1.30 bits per heavy atom. The molecule has 5 heteroatoms. The summed E-state index contributed by atoms with van der Waals surface area (Å²) in [5.41, 5.74) is 8.22. The van der Waals surface area contributed by atoms with E-state index in [9.17, 15) is 4.79 Å². The van der Waals surface area contributed by atoms with Crippen LogP contribution < -0.4 is 11.1 Å². The molecule has 2 heterocycles. The third-order valence-electron chi connectivity index (χ3n) is 5.14. The number of nitrogens with one attached hydrogen (secondary N) is 1. The van der Waals surface area contributed by atoms with Crippen molar-refractivity contribution < 1.29 is 4.79 Å². The van der Waals surface area contributed by atoms with Gasteiger partial charge in [-0.25, -0.2) is 4.79 Å². The van der Waals surface area contributed by atoms with Gasteiger partial charge in [-0.3, -0.25) is 4.90 Å². The van der Waals surface area contributed by atoms with Crippen molar-refractivity contribution in [1.82, 2.24) is 15.1 Å². The standard InChI is InChI=1S/C18H28N4O/c1-14-2-4-15(5-3-14)12-21-8-6-16(13-21)10-17-11-20-7-9-22(17)18(19)23/h2-5,16-17,20H,6-13H2,1H3,(H2,19,23). The maximum absolute atomic E-state index is 11.6. The fraction of sp³-hybridized carbons (Fsp3) is 0.611. The van der Waals surface area contributed by atoms with E-state index in [-0.39, 0.29) is 12.1 Å². The molecule has 3 N–H and O–H groups in total. The molecule has 2 fully saturated rings. The zero-order valence-electron chi connectivity index (χ0n) is 14.0. The van der Waals surface area contributed by atoms with Gasteiger partial charge in [0.1, 0.15) is 0 Å². The largest absolute Gasteiger partial charge is 0.351 e. The molecule has 1 aromatic carbocycles. The van der Waals surface area contributed by atoms with E-state index in [1.165, 1.54) is 17.5 Å². The van der Waals surface area contributed by atoms with E-state index in [2.05, 4.69) is 41.4 Å². The number of carbonyl (C=O) groups is 1. The first-order valence-electron chi connectivity index (χ1n) is 8.66. The highest BCUT2D eigenvalue weighted by molar-refractivity contribution is 5.72. The molecule has 2 aliphatic heterocycles. The molecule has 126 valence electrons. The summed E-state index contributed by atoms with van der Waals surface area (Å²) < 4.78 is 0. The molecule has 0 bridgehead atoms. The van der Waals surface area contributed by atoms with Gasteiger partial charge in [0.2, 0.25) is 0 Å². The number of amides is 2. The van der Waals surface area contributed by atoms with E-state index in [0.717, 1.165) is 45.7 Å². The molecule has 2 aliphatic rings. The van der Waals surface area contributed by atoms with Gasteiger partial charge in [0.05, 0.1) is 0 Å². The Morgan fingerprint density at radius 2 is 2.09 bits per heavy atom. The minimum absolute atomic E-state index is 0.255. The maximum Gasteiger partial charge on any atom is 0.315 e. The first-order valence-corrected chi connectivity index (χ1v) is 8.66. The van der Waals surface area contributed by atoms with Crippen LogP contribution in [0.15, 0.2) is 24.3 Å². The monoisotopic (exact) mass is 316 g/mol. The maximum atomic E-state index is 11.6. The second-order valence-electron chi connectivity index (χ2n) is 7.00. The predicted molar refractivity (Wildman–Crippen MR) is 92.1 cm³/mol. The minimum Gasteiger partial charge on any atom is -0.351 e. The number of aryl methyl sites for hydroxylation is 1. The first-order chi connectivity index (χ1) is 11.1. The highest BCUT2D eigenvalue weighted by atomic mass is 16.2. The Morgan fingerprint density at radius 3 is 2.83 bits per heavy atom. The number of benzene rings is 1. The van der Waals surface area contributed by atoms with Gasteiger partial charge < -0.3 is 16.0 Å². The molecular weight excluding hydrogens is 288 g/mol. The lowest BCUT2D eigenvalue weighted by Gasteiger charge is -2.36. The lowest BCUT2D eigenvalue weighted by Crippen LogP contribution is -2.55. The van der Waals surface area contributed by atoms with Gasteiger partial charge in [0.15, 0.2) is 0 Å². The van der Waals surface area contributed by atoms with Crippen molar-refractivity contribution in [3.8, 4) is 0 Å². The fourth-order valence-corrected chi connectivity index (χ4v) is 3.85. The second kappa shape index (κ2) is 7.32. The number of nitrogens with two attached hydrogens (primary N) is 1. The van der Waals surface area contributed by atoms with E-state index in [4.69, 9.17) is 5.73 Å². The summed E-state index contributed by atoms with van der Waals surface area (Å²) in [5, 5.41) is 3.39. The molecule has 2 atom stereocenters. The van der Waals surface area contributed by atoms with Crippen molar-refractivity contribution in [1.29, 1.82) is 0 Å². The zero-order chi connectivity index (χ0) is 16.2. The van der Waals surface area contributed by atoms with Crippen LogP contribution in [-0.4, -0.2) is 54.6 Å². The summed E-state index contributed by atoms with van der Waals surface area (Å²) in [6, 6.07) is 8.80. The minimum atomic E-state index is -0.272. The van der Waals surface area contributed by atoms with Gasteiger partial charge in [-0.05, 0) is 37.8 Å². The lowest BCUT2D eigenvalue weighted by atomic mass is 9.97. The summed E-state index contributed by atoms with van der Waals surface area (Å²) >= 11 is 0. The van der Waals surface area contributed by atoms with Gasteiger partial charge >= 0.3 is 6.03 Å². The third kappa shape index (κ3) is 4.24. The average molecular weight is 316 g/mol. The lowest BCUT2D eigenvalue weighted by molar-refractivity contribution is 0.151. The van der Waals surface area contributed by atoms with E-state index < -0.39 is 0 Å². The highest BCUT2D eigenvalue weighted by Crippen LogP contribution is 2.25. The van der Waals surface area contributed by atoms with E-state index in [0.29, 0.717) is 5.92 Å². The molecule has 2 unspecified atom stereocenters. The SMILES string of the molecule is Cc1ccc(CN2CCC(CC3CNCCN3C(N)=O)C2)cc1. The molecular formula is C18H28N4O. The Bertz CT molecular complexity index is 530. The Kier molecular flexibility index (Phi) is 5.18. The smallest absolute Gasteiger partial charge is 0.315 e. The van der Waals surface area contributed by atoms with Crippen molar-refractivity contribution in [3.05, 3.63) is 35.4 Å². The normalized spacial score (nSPS) is 25.7. The number of urea groups is 1. The van der Waals surface area contributed by atoms with E-state index in [1.807, 2.05) is 4.90 Å². The number of carbonyl (C=O) groups excluding carboxylic acids is 1.